The predicted molar refractivity (Wildman–Crippen MR) is 95.1 cm³/mol. The number of H-pyrrole nitrogens is 1. The SMILES string of the molecule is CC(NC(=O)c1ccc2nc[nH]c2c1)c1ccc2c(c1)CCCC2. The second kappa shape index (κ2) is 6.11. The van der Waals surface area contributed by atoms with Crippen LogP contribution >= 0.6 is 0 Å². The summed E-state index contributed by atoms with van der Waals surface area (Å²) in [4.78, 5) is 19.8. The van der Waals surface area contributed by atoms with Gasteiger partial charge in [0.15, 0.2) is 0 Å². The van der Waals surface area contributed by atoms with E-state index in [-0.39, 0.29) is 11.9 Å². The summed E-state index contributed by atoms with van der Waals surface area (Å²) in [5.41, 5.74) is 6.48. The summed E-state index contributed by atoms with van der Waals surface area (Å²) in [6, 6.07) is 12.1. The number of benzene rings is 2. The van der Waals surface area contributed by atoms with Crippen LogP contribution in [0.25, 0.3) is 11.0 Å². The van der Waals surface area contributed by atoms with Gasteiger partial charge in [0, 0.05) is 5.56 Å². The van der Waals surface area contributed by atoms with E-state index in [1.165, 1.54) is 36.0 Å². The van der Waals surface area contributed by atoms with Crippen LogP contribution in [-0.2, 0) is 12.8 Å². The van der Waals surface area contributed by atoms with Gasteiger partial charge in [-0.15, -0.1) is 0 Å². The number of aromatic nitrogens is 2. The molecule has 4 heteroatoms. The molecule has 4 rings (SSSR count). The number of hydrogen-bond donors (Lipinski definition) is 2. The van der Waals surface area contributed by atoms with Crippen molar-refractivity contribution < 1.29 is 4.79 Å². The molecule has 1 aromatic heterocycles. The topological polar surface area (TPSA) is 57.8 Å². The quantitative estimate of drug-likeness (QED) is 0.768. The lowest BCUT2D eigenvalue weighted by Gasteiger charge is -2.20. The molecule has 0 bridgehead atoms. The minimum Gasteiger partial charge on any atom is -0.346 e. The molecule has 1 heterocycles. The monoisotopic (exact) mass is 319 g/mol. The van der Waals surface area contributed by atoms with Gasteiger partial charge in [0.2, 0.25) is 0 Å². The van der Waals surface area contributed by atoms with Gasteiger partial charge in [-0.05, 0) is 67.5 Å². The van der Waals surface area contributed by atoms with E-state index in [1.807, 2.05) is 25.1 Å². The molecule has 2 N–H and O–H groups in total. The maximum absolute atomic E-state index is 12.5. The molecule has 0 aliphatic heterocycles. The highest BCUT2D eigenvalue weighted by Gasteiger charge is 2.15. The van der Waals surface area contributed by atoms with Gasteiger partial charge < -0.3 is 10.3 Å². The molecular formula is C20H21N3O. The maximum Gasteiger partial charge on any atom is 0.251 e. The third-order valence-electron chi connectivity index (χ3n) is 4.90. The van der Waals surface area contributed by atoms with E-state index in [9.17, 15) is 4.79 Å². The third kappa shape index (κ3) is 2.80. The Labute approximate surface area is 141 Å². The first-order valence-electron chi connectivity index (χ1n) is 8.56. The van der Waals surface area contributed by atoms with Crippen molar-refractivity contribution in [2.45, 2.75) is 38.6 Å². The van der Waals surface area contributed by atoms with Crippen LogP contribution in [0.3, 0.4) is 0 Å². The molecule has 2 aromatic carbocycles. The summed E-state index contributed by atoms with van der Waals surface area (Å²) in [5.74, 6) is -0.0586. The van der Waals surface area contributed by atoms with Crippen LogP contribution in [0.2, 0.25) is 0 Å². The minimum absolute atomic E-state index is 0.0119. The van der Waals surface area contributed by atoms with E-state index in [2.05, 4.69) is 33.5 Å². The van der Waals surface area contributed by atoms with E-state index in [0.29, 0.717) is 5.56 Å². The Morgan fingerprint density at radius 2 is 1.96 bits per heavy atom. The first kappa shape index (κ1) is 14.9. The highest BCUT2D eigenvalue weighted by Crippen LogP contribution is 2.25. The summed E-state index contributed by atoms with van der Waals surface area (Å²) in [6.07, 6.45) is 6.53. The number of aryl methyl sites for hydroxylation is 2. The molecule has 4 nitrogen and oxygen atoms in total. The van der Waals surface area contributed by atoms with Crippen molar-refractivity contribution in [3.05, 3.63) is 65.0 Å². The first-order valence-corrected chi connectivity index (χ1v) is 8.56. The fourth-order valence-electron chi connectivity index (χ4n) is 3.46. The molecule has 1 amide bonds. The third-order valence-corrected chi connectivity index (χ3v) is 4.90. The van der Waals surface area contributed by atoms with Crippen LogP contribution < -0.4 is 5.32 Å². The van der Waals surface area contributed by atoms with E-state index < -0.39 is 0 Å². The van der Waals surface area contributed by atoms with E-state index in [0.717, 1.165) is 17.5 Å². The van der Waals surface area contributed by atoms with Crippen LogP contribution in [0.4, 0.5) is 0 Å². The van der Waals surface area contributed by atoms with Gasteiger partial charge in [-0.1, -0.05) is 18.2 Å². The first-order chi connectivity index (χ1) is 11.7. The molecule has 1 aliphatic carbocycles. The molecule has 1 aliphatic rings. The standard InChI is InChI=1S/C20H21N3O/c1-13(15-7-6-14-4-2-3-5-16(14)10-15)23-20(24)17-8-9-18-19(11-17)22-12-21-18/h6-13H,2-5H2,1H3,(H,21,22)(H,23,24). The Morgan fingerprint density at radius 3 is 2.83 bits per heavy atom. The van der Waals surface area contributed by atoms with Crippen molar-refractivity contribution in [3.63, 3.8) is 0 Å². The zero-order chi connectivity index (χ0) is 16.5. The Morgan fingerprint density at radius 1 is 1.12 bits per heavy atom. The molecule has 3 aromatic rings. The number of imidazole rings is 1. The van der Waals surface area contributed by atoms with Gasteiger partial charge in [-0.25, -0.2) is 4.98 Å². The Kier molecular flexibility index (Phi) is 3.81. The van der Waals surface area contributed by atoms with Crippen LogP contribution in [0.5, 0.6) is 0 Å². The van der Waals surface area contributed by atoms with Crippen molar-refractivity contribution in [1.29, 1.82) is 0 Å². The van der Waals surface area contributed by atoms with E-state index in [4.69, 9.17) is 0 Å². The minimum atomic E-state index is -0.0586. The molecular weight excluding hydrogens is 298 g/mol. The van der Waals surface area contributed by atoms with Gasteiger partial charge in [-0.2, -0.15) is 0 Å². The van der Waals surface area contributed by atoms with Crippen molar-refractivity contribution >= 4 is 16.9 Å². The number of nitrogens with zero attached hydrogens (tertiary/aromatic N) is 1. The van der Waals surface area contributed by atoms with Crippen LogP contribution in [0.15, 0.2) is 42.7 Å². The molecule has 0 saturated carbocycles. The highest BCUT2D eigenvalue weighted by atomic mass is 16.1. The van der Waals surface area contributed by atoms with Crippen molar-refractivity contribution in [1.82, 2.24) is 15.3 Å². The lowest BCUT2D eigenvalue weighted by molar-refractivity contribution is 0.0940. The number of carbonyl (C=O) groups excluding carboxylic acids is 1. The number of carbonyl (C=O) groups is 1. The summed E-state index contributed by atoms with van der Waals surface area (Å²) < 4.78 is 0. The fraction of sp³-hybridized carbons (Fsp3) is 0.300. The van der Waals surface area contributed by atoms with E-state index >= 15 is 0 Å². The molecule has 0 radical (unpaired) electrons. The van der Waals surface area contributed by atoms with Crippen molar-refractivity contribution in [2.24, 2.45) is 0 Å². The fourth-order valence-corrected chi connectivity index (χ4v) is 3.46. The Hall–Kier alpha value is -2.62. The van der Waals surface area contributed by atoms with Gasteiger partial charge in [0.05, 0.1) is 23.4 Å². The van der Waals surface area contributed by atoms with Crippen LogP contribution in [0.1, 0.15) is 52.9 Å². The maximum atomic E-state index is 12.5. The highest BCUT2D eigenvalue weighted by molar-refractivity contribution is 5.97. The van der Waals surface area contributed by atoms with Crippen LogP contribution in [-0.4, -0.2) is 15.9 Å². The summed E-state index contributed by atoms with van der Waals surface area (Å²) >= 11 is 0. The largest absolute Gasteiger partial charge is 0.346 e. The average molecular weight is 319 g/mol. The Bertz CT molecular complexity index is 897. The molecule has 1 atom stereocenters. The number of hydrogen-bond acceptors (Lipinski definition) is 2. The number of fused-ring (bicyclic) bond motifs is 2. The molecule has 0 saturated heterocycles. The van der Waals surface area contributed by atoms with E-state index in [1.54, 1.807) is 6.33 Å². The Balaban J connectivity index is 1.52. The summed E-state index contributed by atoms with van der Waals surface area (Å²) in [6.45, 7) is 2.04. The molecule has 0 fully saturated rings. The normalized spacial score (nSPS) is 15.0. The summed E-state index contributed by atoms with van der Waals surface area (Å²) in [5, 5.41) is 3.10. The molecule has 0 spiro atoms. The van der Waals surface area contributed by atoms with Gasteiger partial charge >= 0.3 is 0 Å². The number of aromatic amines is 1. The summed E-state index contributed by atoms with van der Waals surface area (Å²) in [7, 11) is 0. The van der Waals surface area contributed by atoms with Crippen LogP contribution in [0, 0.1) is 0 Å². The lowest BCUT2D eigenvalue weighted by atomic mass is 9.89. The second-order valence-electron chi connectivity index (χ2n) is 6.56. The zero-order valence-corrected chi connectivity index (χ0v) is 13.8. The molecule has 24 heavy (non-hydrogen) atoms. The zero-order valence-electron chi connectivity index (χ0n) is 13.8. The molecule has 1 unspecified atom stereocenters. The van der Waals surface area contributed by atoms with Gasteiger partial charge in [0.25, 0.3) is 5.91 Å². The average Bonchev–Trinajstić information content (AvgIpc) is 3.08. The van der Waals surface area contributed by atoms with Gasteiger partial charge in [0.1, 0.15) is 0 Å². The molecule has 122 valence electrons. The second-order valence-corrected chi connectivity index (χ2v) is 6.56. The number of nitrogens with one attached hydrogen (secondary N) is 2. The number of rotatable bonds is 3. The lowest BCUT2D eigenvalue weighted by Crippen LogP contribution is -2.26. The smallest absolute Gasteiger partial charge is 0.251 e. The van der Waals surface area contributed by atoms with Crippen molar-refractivity contribution in [2.75, 3.05) is 0 Å². The predicted octanol–water partition coefficient (Wildman–Crippen LogP) is 3.93. The van der Waals surface area contributed by atoms with Gasteiger partial charge in [-0.3, -0.25) is 4.79 Å². The van der Waals surface area contributed by atoms with Crippen molar-refractivity contribution in [3.8, 4) is 0 Å². The number of amides is 1.